The van der Waals surface area contributed by atoms with Crippen molar-refractivity contribution in [3.8, 4) is 5.75 Å². The van der Waals surface area contributed by atoms with Crippen LogP contribution < -0.4 is 15.4 Å². The minimum Gasteiger partial charge on any atom is -0.495 e. The molecule has 1 fully saturated rings. The second kappa shape index (κ2) is 12.5. The fourth-order valence-corrected chi connectivity index (χ4v) is 6.24. The van der Waals surface area contributed by atoms with Crippen molar-refractivity contribution in [1.29, 1.82) is 0 Å². The second-order valence-corrected chi connectivity index (χ2v) is 10.9. The van der Waals surface area contributed by atoms with Gasteiger partial charge in [0.05, 0.1) is 25.5 Å². The van der Waals surface area contributed by atoms with Crippen LogP contribution in [0.2, 0.25) is 0 Å². The summed E-state index contributed by atoms with van der Waals surface area (Å²) < 4.78 is 10.2. The Morgan fingerprint density at radius 1 is 1.00 bits per heavy atom. The highest BCUT2D eigenvalue weighted by atomic mass is 16.5. The molecular weight excluding hydrogens is 500 g/mol. The van der Waals surface area contributed by atoms with Gasteiger partial charge in [0.25, 0.3) is 5.91 Å². The Morgan fingerprint density at radius 3 is 2.60 bits per heavy atom. The van der Waals surface area contributed by atoms with Crippen molar-refractivity contribution in [3.05, 3.63) is 95.6 Å². The predicted octanol–water partition coefficient (Wildman–Crippen LogP) is 6.99. The SMILES string of the molecule is COC(=O)c1ccc(OC)c(NC(=O)C2=CCC([C@H]3CCC[C@H](N[C@H](C)c4cccc5ccccc45)C3)C=C2)c1. The lowest BCUT2D eigenvalue weighted by atomic mass is 9.74. The molecule has 2 aliphatic carbocycles. The molecule has 6 heteroatoms. The summed E-state index contributed by atoms with van der Waals surface area (Å²) in [6.45, 7) is 2.27. The molecule has 6 nitrogen and oxygen atoms in total. The molecular formula is C34H38N2O4. The largest absolute Gasteiger partial charge is 0.495 e. The molecule has 3 aromatic rings. The minimum absolute atomic E-state index is 0.220. The fraction of sp³-hybridized carbons (Fsp3) is 0.353. The van der Waals surface area contributed by atoms with Gasteiger partial charge < -0.3 is 20.1 Å². The summed E-state index contributed by atoms with van der Waals surface area (Å²) in [5.74, 6) is 0.801. The van der Waals surface area contributed by atoms with Crippen LogP contribution in [0.4, 0.5) is 5.69 Å². The summed E-state index contributed by atoms with van der Waals surface area (Å²) in [5, 5.41) is 9.43. The molecule has 0 aromatic heterocycles. The molecule has 3 aromatic carbocycles. The van der Waals surface area contributed by atoms with Gasteiger partial charge in [-0.25, -0.2) is 4.79 Å². The Bertz CT molecular complexity index is 1440. The van der Waals surface area contributed by atoms with Crippen LogP contribution in [0.25, 0.3) is 10.8 Å². The van der Waals surface area contributed by atoms with E-state index in [1.54, 1.807) is 18.2 Å². The maximum atomic E-state index is 13.1. The van der Waals surface area contributed by atoms with E-state index in [9.17, 15) is 9.59 Å². The van der Waals surface area contributed by atoms with Crippen molar-refractivity contribution < 1.29 is 19.1 Å². The summed E-state index contributed by atoms with van der Waals surface area (Å²) in [6, 6.07) is 20.8. The van der Waals surface area contributed by atoms with Crippen LogP contribution in [-0.4, -0.2) is 32.1 Å². The van der Waals surface area contributed by atoms with Crippen LogP contribution in [-0.2, 0) is 9.53 Å². The molecule has 0 saturated heterocycles. The average molecular weight is 539 g/mol. The third kappa shape index (κ3) is 6.13. The van der Waals surface area contributed by atoms with E-state index < -0.39 is 5.97 Å². The van der Waals surface area contributed by atoms with E-state index in [0.29, 0.717) is 40.5 Å². The first-order valence-corrected chi connectivity index (χ1v) is 14.2. The van der Waals surface area contributed by atoms with Crippen LogP contribution in [0.3, 0.4) is 0 Å². The quantitative estimate of drug-likeness (QED) is 0.303. The number of ether oxygens (including phenoxy) is 2. The zero-order valence-electron chi connectivity index (χ0n) is 23.5. The molecule has 5 rings (SSSR count). The van der Waals surface area contributed by atoms with Crippen molar-refractivity contribution in [2.75, 3.05) is 19.5 Å². The minimum atomic E-state index is -0.468. The van der Waals surface area contributed by atoms with Gasteiger partial charge in [-0.3, -0.25) is 4.79 Å². The van der Waals surface area contributed by atoms with Crippen LogP contribution in [0.5, 0.6) is 5.75 Å². The molecule has 208 valence electrons. The summed E-state index contributed by atoms with van der Waals surface area (Å²) in [7, 11) is 2.86. The van der Waals surface area contributed by atoms with E-state index in [2.05, 4.69) is 66.1 Å². The first-order valence-electron chi connectivity index (χ1n) is 14.2. The number of allylic oxidation sites excluding steroid dienone is 2. The summed E-state index contributed by atoms with van der Waals surface area (Å²) >= 11 is 0. The number of amides is 1. The Hall–Kier alpha value is -3.90. The Labute approximate surface area is 236 Å². The molecule has 0 radical (unpaired) electrons. The third-order valence-electron chi connectivity index (χ3n) is 8.36. The van der Waals surface area contributed by atoms with Gasteiger partial charge in [0, 0.05) is 17.7 Å². The maximum Gasteiger partial charge on any atom is 0.337 e. The number of carbonyl (C=O) groups is 2. The van der Waals surface area contributed by atoms with Gasteiger partial charge in [0.1, 0.15) is 5.75 Å². The standard InChI is InChI=1S/C34H38N2O4/c1-22(29-13-7-9-24-8-4-5-12-30(24)29)35-28-11-6-10-26(20-28)23-14-16-25(17-15-23)33(37)36-31-21-27(34(38)40-3)18-19-32(31)39-2/h4-5,7-9,12-14,16-19,21-23,26,28,35H,6,10-11,15,20H2,1-3H3,(H,36,37)/t22-,23?,26+,28+/m1/s1. The number of anilines is 1. The van der Waals surface area contributed by atoms with E-state index in [4.69, 9.17) is 9.47 Å². The number of hydrogen-bond donors (Lipinski definition) is 2. The highest BCUT2D eigenvalue weighted by Crippen LogP contribution is 2.36. The van der Waals surface area contributed by atoms with Gasteiger partial charge in [-0.15, -0.1) is 0 Å². The van der Waals surface area contributed by atoms with Gasteiger partial charge in [-0.1, -0.05) is 67.1 Å². The van der Waals surface area contributed by atoms with Crippen molar-refractivity contribution in [2.24, 2.45) is 11.8 Å². The van der Waals surface area contributed by atoms with Gasteiger partial charge in [-0.05, 0) is 79.0 Å². The topological polar surface area (TPSA) is 76.7 Å². The zero-order chi connectivity index (χ0) is 28.1. The smallest absolute Gasteiger partial charge is 0.337 e. The molecule has 2 aliphatic rings. The normalized spacial score (nSPS) is 21.4. The monoisotopic (exact) mass is 538 g/mol. The molecule has 1 unspecified atom stereocenters. The number of rotatable bonds is 8. The fourth-order valence-electron chi connectivity index (χ4n) is 6.24. The number of methoxy groups -OCH3 is 2. The van der Waals surface area contributed by atoms with Gasteiger partial charge in [0.2, 0.25) is 0 Å². The number of fused-ring (bicyclic) bond motifs is 1. The molecule has 0 aliphatic heterocycles. The number of benzene rings is 3. The van der Waals surface area contributed by atoms with Gasteiger partial charge >= 0.3 is 5.97 Å². The Balaban J connectivity index is 1.19. The van der Waals surface area contributed by atoms with Crippen molar-refractivity contribution in [3.63, 3.8) is 0 Å². The summed E-state index contributed by atoms with van der Waals surface area (Å²) in [4.78, 5) is 25.0. The maximum absolute atomic E-state index is 13.1. The van der Waals surface area contributed by atoms with Crippen LogP contribution in [0.1, 0.15) is 61.0 Å². The summed E-state index contributed by atoms with van der Waals surface area (Å²) in [5.41, 5.74) is 2.76. The highest BCUT2D eigenvalue weighted by molar-refractivity contribution is 6.07. The first-order chi connectivity index (χ1) is 19.5. The second-order valence-electron chi connectivity index (χ2n) is 10.9. The average Bonchev–Trinajstić information content (AvgIpc) is 3.00. The molecule has 40 heavy (non-hydrogen) atoms. The van der Waals surface area contributed by atoms with Crippen molar-refractivity contribution in [2.45, 2.75) is 51.1 Å². The lowest BCUT2D eigenvalue weighted by Crippen LogP contribution is -2.37. The Kier molecular flexibility index (Phi) is 8.66. The summed E-state index contributed by atoms with van der Waals surface area (Å²) in [6.07, 6.45) is 11.8. The number of esters is 1. The molecule has 0 heterocycles. The van der Waals surface area contributed by atoms with Crippen LogP contribution in [0.15, 0.2) is 84.5 Å². The van der Waals surface area contributed by atoms with Crippen LogP contribution in [0, 0.1) is 11.8 Å². The highest BCUT2D eigenvalue weighted by Gasteiger charge is 2.29. The van der Waals surface area contributed by atoms with E-state index in [0.717, 1.165) is 12.8 Å². The molecule has 1 saturated carbocycles. The Morgan fingerprint density at radius 2 is 1.82 bits per heavy atom. The molecule has 1 amide bonds. The van der Waals surface area contributed by atoms with Crippen molar-refractivity contribution >= 4 is 28.3 Å². The third-order valence-corrected chi connectivity index (χ3v) is 8.36. The number of hydrogen-bond acceptors (Lipinski definition) is 5. The van der Waals surface area contributed by atoms with E-state index in [1.807, 2.05) is 12.2 Å². The zero-order valence-corrected chi connectivity index (χ0v) is 23.5. The van der Waals surface area contributed by atoms with Crippen molar-refractivity contribution in [1.82, 2.24) is 5.32 Å². The lowest BCUT2D eigenvalue weighted by Gasteiger charge is -2.36. The molecule has 4 atom stereocenters. The lowest BCUT2D eigenvalue weighted by molar-refractivity contribution is -0.112. The molecule has 2 N–H and O–H groups in total. The number of carbonyl (C=O) groups excluding carboxylic acids is 2. The van der Waals surface area contributed by atoms with E-state index in [-0.39, 0.29) is 11.9 Å². The van der Waals surface area contributed by atoms with Crippen LogP contribution >= 0.6 is 0 Å². The van der Waals surface area contributed by atoms with Gasteiger partial charge in [0.15, 0.2) is 0 Å². The number of nitrogens with one attached hydrogen (secondary N) is 2. The molecule has 0 bridgehead atoms. The first kappa shape index (κ1) is 27.7. The van der Waals surface area contributed by atoms with Gasteiger partial charge in [-0.2, -0.15) is 0 Å². The molecule has 0 spiro atoms. The predicted molar refractivity (Wildman–Crippen MR) is 160 cm³/mol. The van der Waals surface area contributed by atoms with E-state index >= 15 is 0 Å². The van der Waals surface area contributed by atoms with E-state index in [1.165, 1.54) is 49.8 Å².